The third-order valence-corrected chi connectivity index (χ3v) is 3.03. The smallest absolute Gasteiger partial charge is 0.382 e. The predicted molar refractivity (Wildman–Crippen MR) is 62.8 cm³/mol. The predicted octanol–water partition coefficient (Wildman–Crippen LogP) is 4.58. The minimum Gasteiger partial charge on any atom is -0.382 e. The Hall–Kier alpha value is -1.43. The number of anilines is 1. The van der Waals surface area contributed by atoms with Crippen molar-refractivity contribution in [1.82, 2.24) is 0 Å². The Morgan fingerprint density at radius 2 is 1.80 bits per heavy atom. The van der Waals surface area contributed by atoms with Gasteiger partial charge in [-0.05, 0) is 34.1 Å². The monoisotopic (exact) mass is 360 g/mol. The molecular formula is C11H7BrF6N2. The van der Waals surface area contributed by atoms with Crippen molar-refractivity contribution in [3.8, 4) is 6.07 Å². The summed E-state index contributed by atoms with van der Waals surface area (Å²) in [6, 6.07) is 3.59. The topological polar surface area (TPSA) is 35.8 Å². The van der Waals surface area contributed by atoms with Crippen LogP contribution in [0.5, 0.6) is 0 Å². The fourth-order valence-corrected chi connectivity index (χ4v) is 1.67. The Labute approximate surface area is 118 Å². The average Bonchev–Trinajstić information content (AvgIpc) is 2.28. The van der Waals surface area contributed by atoms with Gasteiger partial charge in [-0.3, -0.25) is 0 Å². The standard InChI is InChI=1S/C11H7BrF6N2/c12-8-2-1-6(10(13,14)15)3-9(8)20-5-7(4-19)11(16,17)18/h1-3,7,20H,5H2. The van der Waals surface area contributed by atoms with Gasteiger partial charge in [-0.1, -0.05) is 0 Å². The minimum absolute atomic E-state index is 0.163. The number of nitrogens with one attached hydrogen (secondary N) is 1. The molecule has 1 unspecified atom stereocenters. The van der Waals surface area contributed by atoms with Gasteiger partial charge in [0.05, 0.1) is 11.6 Å². The normalized spacial score (nSPS) is 13.7. The van der Waals surface area contributed by atoms with E-state index in [9.17, 15) is 26.3 Å². The molecule has 0 aromatic heterocycles. The van der Waals surface area contributed by atoms with Crippen molar-refractivity contribution in [2.24, 2.45) is 5.92 Å². The first-order valence-corrected chi connectivity index (χ1v) is 5.92. The molecule has 0 aliphatic carbocycles. The summed E-state index contributed by atoms with van der Waals surface area (Å²) in [7, 11) is 0. The lowest BCUT2D eigenvalue weighted by Crippen LogP contribution is -2.28. The highest BCUT2D eigenvalue weighted by Gasteiger charge is 2.39. The van der Waals surface area contributed by atoms with Gasteiger partial charge in [-0.2, -0.15) is 31.6 Å². The van der Waals surface area contributed by atoms with Gasteiger partial charge in [0.15, 0.2) is 5.92 Å². The van der Waals surface area contributed by atoms with E-state index in [0.29, 0.717) is 6.07 Å². The van der Waals surface area contributed by atoms with Gasteiger partial charge in [-0.15, -0.1) is 0 Å². The molecule has 20 heavy (non-hydrogen) atoms. The summed E-state index contributed by atoms with van der Waals surface area (Å²) in [6.45, 7) is -0.833. The van der Waals surface area contributed by atoms with Crippen molar-refractivity contribution in [1.29, 1.82) is 5.26 Å². The SMILES string of the molecule is N#CC(CNc1cc(C(F)(F)F)ccc1Br)C(F)(F)F. The molecule has 0 spiro atoms. The molecule has 0 aliphatic rings. The molecule has 0 radical (unpaired) electrons. The minimum atomic E-state index is -4.74. The Morgan fingerprint density at radius 3 is 2.25 bits per heavy atom. The Kier molecular flexibility index (Phi) is 4.91. The summed E-state index contributed by atoms with van der Waals surface area (Å²) >= 11 is 2.93. The fourth-order valence-electron chi connectivity index (χ4n) is 1.28. The van der Waals surface area contributed by atoms with E-state index in [0.717, 1.165) is 18.2 Å². The number of halogens is 7. The lowest BCUT2D eigenvalue weighted by Gasteiger charge is -2.16. The third kappa shape index (κ3) is 4.30. The zero-order valence-corrected chi connectivity index (χ0v) is 11.2. The van der Waals surface area contributed by atoms with Crippen LogP contribution in [0.15, 0.2) is 22.7 Å². The molecule has 0 heterocycles. The molecule has 0 bridgehead atoms. The second kappa shape index (κ2) is 5.91. The van der Waals surface area contributed by atoms with Gasteiger partial charge in [0.2, 0.25) is 0 Å². The second-order valence-corrected chi connectivity index (χ2v) is 4.65. The molecule has 1 aromatic carbocycles. The molecule has 2 nitrogen and oxygen atoms in total. The van der Waals surface area contributed by atoms with Gasteiger partial charge in [-0.25, -0.2) is 0 Å². The summed E-state index contributed by atoms with van der Waals surface area (Å²) in [5.41, 5.74) is -1.16. The molecule has 1 aromatic rings. The van der Waals surface area contributed by atoms with E-state index in [1.54, 1.807) is 0 Å². The molecule has 1 atom stereocenters. The molecule has 0 aliphatic heterocycles. The third-order valence-electron chi connectivity index (χ3n) is 2.34. The van der Waals surface area contributed by atoms with E-state index in [1.165, 1.54) is 0 Å². The molecule has 110 valence electrons. The van der Waals surface area contributed by atoms with Crippen LogP contribution in [0.25, 0.3) is 0 Å². The Bertz CT molecular complexity index is 517. The van der Waals surface area contributed by atoms with Gasteiger partial charge in [0.25, 0.3) is 0 Å². The first kappa shape index (κ1) is 16.6. The van der Waals surface area contributed by atoms with E-state index >= 15 is 0 Å². The summed E-state index contributed by atoms with van der Waals surface area (Å²) in [5, 5.41) is 10.6. The van der Waals surface area contributed by atoms with Crippen LogP contribution in [-0.4, -0.2) is 12.7 Å². The summed E-state index contributed by atoms with van der Waals surface area (Å²) in [4.78, 5) is 0. The largest absolute Gasteiger partial charge is 0.416 e. The van der Waals surface area contributed by atoms with Crippen LogP contribution in [0.3, 0.4) is 0 Å². The van der Waals surface area contributed by atoms with Crippen molar-refractivity contribution >= 4 is 21.6 Å². The molecule has 0 saturated heterocycles. The number of nitriles is 1. The second-order valence-electron chi connectivity index (χ2n) is 3.80. The van der Waals surface area contributed by atoms with Crippen LogP contribution in [0.2, 0.25) is 0 Å². The van der Waals surface area contributed by atoms with Crippen molar-refractivity contribution in [3.63, 3.8) is 0 Å². The lowest BCUT2D eigenvalue weighted by molar-refractivity contribution is -0.155. The number of nitrogens with zero attached hydrogens (tertiary/aromatic N) is 1. The summed E-state index contributed by atoms with van der Waals surface area (Å²) in [5.74, 6) is -2.30. The van der Waals surface area contributed by atoms with Crippen LogP contribution in [0.4, 0.5) is 32.0 Å². The van der Waals surface area contributed by atoms with Crippen LogP contribution in [0.1, 0.15) is 5.56 Å². The van der Waals surface area contributed by atoms with E-state index in [2.05, 4.69) is 21.2 Å². The zero-order chi connectivity index (χ0) is 15.6. The maximum Gasteiger partial charge on any atom is 0.416 e. The molecule has 0 fully saturated rings. The van der Waals surface area contributed by atoms with Crippen molar-refractivity contribution in [2.45, 2.75) is 12.4 Å². The van der Waals surface area contributed by atoms with Crippen LogP contribution < -0.4 is 5.32 Å². The number of hydrogen-bond donors (Lipinski definition) is 1. The maximum absolute atomic E-state index is 12.5. The van der Waals surface area contributed by atoms with E-state index < -0.39 is 30.4 Å². The maximum atomic E-state index is 12.5. The average molecular weight is 361 g/mol. The van der Waals surface area contributed by atoms with Gasteiger partial charge < -0.3 is 5.32 Å². The highest BCUT2D eigenvalue weighted by Crippen LogP contribution is 2.34. The Morgan fingerprint density at radius 1 is 1.20 bits per heavy atom. The number of benzene rings is 1. The van der Waals surface area contributed by atoms with Crippen molar-refractivity contribution < 1.29 is 26.3 Å². The van der Waals surface area contributed by atoms with E-state index in [1.807, 2.05) is 0 Å². The van der Waals surface area contributed by atoms with Crippen LogP contribution >= 0.6 is 15.9 Å². The molecule has 9 heteroatoms. The van der Waals surface area contributed by atoms with Gasteiger partial charge in [0, 0.05) is 16.7 Å². The molecule has 1 rings (SSSR count). The van der Waals surface area contributed by atoms with Gasteiger partial charge >= 0.3 is 12.4 Å². The fraction of sp³-hybridized carbons (Fsp3) is 0.364. The summed E-state index contributed by atoms with van der Waals surface area (Å²) in [6.07, 6.45) is -9.34. The number of alkyl halides is 6. The quantitative estimate of drug-likeness (QED) is 0.800. The number of hydrogen-bond acceptors (Lipinski definition) is 2. The first-order chi connectivity index (χ1) is 9.05. The molecular weight excluding hydrogens is 354 g/mol. The van der Waals surface area contributed by atoms with Crippen molar-refractivity contribution in [3.05, 3.63) is 28.2 Å². The van der Waals surface area contributed by atoms with Crippen LogP contribution in [-0.2, 0) is 6.18 Å². The molecule has 1 N–H and O–H groups in total. The van der Waals surface area contributed by atoms with Crippen LogP contribution in [0, 0.1) is 17.2 Å². The Balaban J connectivity index is 2.91. The first-order valence-electron chi connectivity index (χ1n) is 5.12. The highest BCUT2D eigenvalue weighted by atomic mass is 79.9. The summed E-state index contributed by atoms with van der Waals surface area (Å²) < 4.78 is 74.6. The zero-order valence-electron chi connectivity index (χ0n) is 9.61. The van der Waals surface area contributed by atoms with Crippen molar-refractivity contribution in [2.75, 3.05) is 11.9 Å². The van der Waals surface area contributed by atoms with E-state index in [4.69, 9.17) is 5.26 Å². The molecule has 0 saturated carbocycles. The number of rotatable bonds is 3. The highest BCUT2D eigenvalue weighted by molar-refractivity contribution is 9.10. The van der Waals surface area contributed by atoms with E-state index in [-0.39, 0.29) is 10.2 Å². The van der Waals surface area contributed by atoms with Gasteiger partial charge in [0.1, 0.15) is 0 Å². The molecule has 0 amide bonds. The lowest BCUT2D eigenvalue weighted by atomic mass is 10.1.